The summed E-state index contributed by atoms with van der Waals surface area (Å²) < 4.78 is 0. The summed E-state index contributed by atoms with van der Waals surface area (Å²) in [5.74, 6) is 0. The van der Waals surface area contributed by atoms with Crippen molar-refractivity contribution in [2.24, 2.45) is 0 Å². The fraction of sp³-hybridized carbons (Fsp3) is 0.370. The second-order valence-corrected chi connectivity index (χ2v) is 6.96. The van der Waals surface area contributed by atoms with Crippen LogP contribution in [0.4, 0.5) is 0 Å². The number of benzene rings is 2. The van der Waals surface area contributed by atoms with Crippen molar-refractivity contribution in [2.45, 2.75) is 66.7 Å². The van der Waals surface area contributed by atoms with Crippen LogP contribution < -0.4 is 0 Å². The molecule has 1 heteroatoms. The quantitative estimate of drug-likeness (QED) is 0.434. The van der Waals surface area contributed by atoms with Crippen LogP contribution in [0.3, 0.4) is 0 Å². The molecule has 0 aliphatic rings. The Morgan fingerprint density at radius 1 is 0.571 bits per heavy atom. The van der Waals surface area contributed by atoms with Crippen molar-refractivity contribution < 1.29 is 0 Å². The fourth-order valence-electron chi connectivity index (χ4n) is 2.55. The molecule has 1 aromatic heterocycles. The highest BCUT2D eigenvalue weighted by Gasteiger charge is 2.02. The summed E-state index contributed by atoms with van der Waals surface area (Å²) in [6, 6.07) is 25.1. The number of unbranched alkanes of at least 4 members (excludes halogenated alkanes) is 3. The largest absolute Gasteiger partial charge is 0.253 e. The number of nitrogens with zero attached hydrogens (tertiary/aromatic N) is 1. The number of aromatic nitrogens is 1. The molecule has 150 valence electrons. The van der Waals surface area contributed by atoms with Crippen molar-refractivity contribution in [3.05, 3.63) is 78.5 Å². The first kappa shape index (κ1) is 23.6. The summed E-state index contributed by atoms with van der Waals surface area (Å²) in [6.07, 6.45) is 6.72. The minimum atomic E-state index is 1.03. The molecule has 0 saturated heterocycles. The second kappa shape index (κ2) is 14.6. The topological polar surface area (TPSA) is 12.9 Å². The molecule has 0 atom stereocenters. The average molecular weight is 376 g/mol. The number of rotatable bonds is 5. The van der Waals surface area contributed by atoms with E-state index in [4.69, 9.17) is 0 Å². The summed E-state index contributed by atoms with van der Waals surface area (Å²) in [6.45, 7) is 10.8. The summed E-state index contributed by atoms with van der Waals surface area (Å²) >= 11 is 0. The number of pyridine rings is 1. The molecular weight excluding hydrogens is 338 g/mol. The zero-order chi connectivity index (χ0) is 20.6. The lowest BCUT2D eigenvalue weighted by Gasteiger charge is -2.06. The molecule has 2 aromatic carbocycles. The molecular formula is C27H37N. The van der Waals surface area contributed by atoms with Gasteiger partial charge in [0, 0.05) is 11.3 Å². The number of aryl methyl sites for hydroxylation is 1. The van der Waals surface area contributed by atoms with E-state index in [9.17, 15) is 0 Å². The molecule has 3 rings (SSSR count). The monoisotopic (exact) mass is 375 g/mol. The van der Waals surface area contributed by atoms with E-state index in [0.29, 0.717) is 0 Å². The van der Waals surface area contributed by atoms with Gasteiger partial charge in [-0.3, -0.25) is 4.98 Å². The summed E-state index contributed by atoms with van der Waals surface area (Å²) in [7, 11) is 0. The molecule has 1 nitrogen and oxygen atoms in total. The normalized spacial score (nSPS) is 9.61. The molecule has 0 bridgehead atoms. The summed E-state index contributed by atoms with van der Waals surface area (Å²) in [5, 5.41) is 0. The number of hydrogen-bond acceptors (Lipinski definition) is 1. The Bertz CT molecular complexity index is 758. The van der Waals surface area contributed by atoms with Gasteiger partial charge in [-0.2, -0.15) is 0 Å². The SMILES string of the molecule is CCCC.CCCCC.Cc1cccc(-c2cccc(-c3ccccc3)c2)n1. The van der Waals surface area contributed by atoms with Gasteiger partial charge in [-0.25, -0.2) is 0 Å². The Hall–Kier alpha value is -2.41. The van der Waals surface area contributed by atoms with Crippen LogP contribution in [-0.4, -0.2) is 4.98 Å². The van der Waals surface area contributed by atoms with Crippen LogP contribution >= 0.6 is 0 Å². The van der Waals surface area contributed by atoms with Crippen LogP contribution in [0.15, 0.2) is 72.8 Å². The van der Waals surface area contributed by atoms with Crippen molar-refractivity contribution in [2.75, 3.05) is 0 Å². The Kier molecular flexibility index (Phi) is 12.3. The minimum absolute atomic E-state index is 1.03. The van der Waals surface area contributed by atoms with E-state index in [2.05, 4.69) is 87.3 Å². The van der Waals surface area contributed by atoms with Gasteiger partial charge < -0.3 is 0 Å². The lowest BCUT2D eigenvalue weighted by molar-refractivity contribution is 0.772. The van der Waals surface area contributed by atoms with Crippen molar-refractivity contribution in [3.63, 3.8) is 0 Å². The van der Waals surface area contributed by atoms with Crippen molar-refractivity contribution in [3.8, 4) is 22.4 Å². The smallest absolute Gasteiger partial charge is 0.0705 e. The van der Waals surface area contributed by atoms with Crippen LogP contribution in [0.5, 0.6) is 0 Å². The van der Waals surface area contributed by atoms with E-state index in [1.165, 1.54) is 43.2 Å². The Morgan fingerprint density at radius 2 is 1.14 bits per heavy atom. The lowest BCUT2D eigenvalue weighted by atomic mass is 10.0. The van der Waals surface area contributed by atoms with Crippen LogP contribution in [0.1, 0.15) is 65.5 Å². The molecule has 1 heterocycles. The van der Waals surface area contributed by atoms with Gasteiger partial charge in [-0.05, 0) is 36.2 Å². The van der Waals surface area contributed by atoms with E-state index in [-0.39, 0.29) is 0 Å². The van der Waals surface area contributed by atoms with Crippen LogP contribution in [-0.2, 0) is 0 Å². The zero-order valence-electron chi connectivity index (χ0n) is 18.4. The van der Waals surface area contributed by atoms with Crippen molar-refractivity contribution in [1.29, 1.82) is 0 Å². The van der Waals surface area contributed by atoms with Gasteiger partial charge in [0.25, 0.3) is 0 Å². The van der Waals surface area contributed by atoms with Crippen LogP contribution in [0.2, 0.25) is 0 Å². The molecule has 0 spiro atoms. The highest BCUT2D eigenvalue weighted by Crippen LogP contribution is 2.25. The molecule has 0 saturated carbocycles. The highest BCUT2D eigenvalue weighted by atomic mass is 14.7. The number of hydrogen-bond donors (Lipinski definition) is 0. The maximum absolute atomic E-state index is 4.58. The Balaban J connectivity index is 0.000000369. The molecule has 0 aliphatic heterocycles. The lowest BCUT2D eigenvalue weighted by Crippen LogP contribution is -1.86. The molecule has 0 unspecified atom stereocenters. The predicted molar refractivity (Wildman–Crippen MR) is 126 cm³/mol. The third kappa shape index (κ3) is 8.99. The van der Waals surface area contributed by atoms with Crippen LogP contribution in [0, 0.1) is 6.92 Å². The van der Waals surface area contributed by atoms with E-state index in [0.717, 1.165) is 17.0 Å². The molecule has 0 N–H and O–H groups in total. The maximum atomic E-state index is 4.58. The third-order valence-corrected chi connectivity index (χ3v) is 4.36. The van der Waals surface area contributed by atoms with Crippen molar-refractivity contribution >= 4 is 0 Å². The van der Waals surface area contributed by atoms with E-state index in [1.807, 2.05) is 25.1 Å². The molecule has 3 aromatic rings. The van der Waals surface area contributed by atoms with Gasteiger partial charge in [0.1, 0.15) is 0 Å². The summed E-state index contributed by atoms with van der Waals surface area (Å²) in [4.78, 5) is 4.58. The van der Waals surface area contributed by atoms with Crippen molar-refractivity contribution in [1.82, 2.24) is 4.98 Å². The average Bonchev–Trinajstić information content (AvgIpc) is 2.76. The standard InChI is InChI=1S/C18H15N.C5H12.C4H10/c1-14-7-5-12-18(19-14)17-11-6-10-16(13-17)15-8-3-2-4-9-15;1-3-5-4-2;1-3-4-2/h2-13H,1H3;3-5H2,1-2H3;3-4H2,1-2H3. The molecule has 28 heavy (non-hydrogen) atoms. The van der Waals surface area contributed by atoms with Gasteiger partial charge in [-0.15, -0.1) is 0 Å². The first-order valence-corrected chi connectivity index (χ1v) is 10.8. The maximum Gasteiger partial charge on any atom is 0.0705 e. The predicted octanol–water partition coefficient (Wildman–Crippen LogP) is 8.73. The molecule has 0 amide bonds. The highest BCUT2D eigenvalue weighted by molar-refractivity contribution is 5.71. The molecule has 0 aliphatic carbocycles. The molecule has 0 fully saturated rings. The van der Waals surface area contributed by atoms with E-state index < -0.39 is 0 Å². The third-order valence-electron chi connectivity index (χ3n) is 4.36. The van der Waals surface area contributed by atoms with Gasteiger partial charge in [0.2, 0.25) is 0 Å². The first-order valence-electron chi connectivity index (χ1n) is 10.8. The summed E-state index contributed by atoms with van der Waals surface area (Å²) in [5.41, 5.74) is 5.68. The van der Waals surface area contributed by atoms with Gasteiger partial charge in [-0.1, -0.05) is 114 Å². The fourth-order valence-corrected chi connectivity index (χ4v) is 2.55. The Labute approximate surface area is 172 Å². The Morgan fingerprint density at radius 3 is 1.68 bits per heavy atom. The van der Waals surface area contributed by atoms with E-state index in [1.54, 1.807) is 0 Å². The first-order chi connectivity index (χ1) is 13.7. The van der Waals surface area contributed by atoms with Gasteiger partial charge in [0.15, 0.2) is 0 Å². The van der Waals surface area contributed by atoms with Gasteiger partial charge in [0.05, 0.1) is 5.69 Å². The molecule has 0 radical (unpaired) electrons. The van der Waals surface area contributed by atoms with Gasteiger partial charge >= 0.3 is 0 Å². The minimum Gasteiger partial charge on any atom is -0.253 e. The van der Waals surface area contributed by atoms with E-state index >= 15 is 0 Å². The zero-order valence-corrected chi connectivity index (χ0v) is 18.4. The second-order valence-electron chi connectivity index (χ2n) is 6.96. The van der Waals surface area contributed by atoms with Crippen LogP contribution in [0.25, 0.3) is 22.4 Å².